The molecule has 2 nitrogen and oxygen atoms in total. The van der Waals surface area contributed by atoms with Crippen molar-refractivity contribution in [3.63, 3.8) is 0 Å². The van der Waals surface area contributed by atoms with E-state index in [0.29, 0.717) is 0 Å². The Hall–Kier alpha value is -0.0500. The molecule has 0 aromatic rings. The van der Waals surface area contributed by atoms with Crippen molar-refractivity contribution >= 4 is 11.6 Å². The molecule has 2 atom stereocenters. The Morgan fingerprint density at radius 1 is 1.62 bits per heavy atom. The Kier molecular flexibility index (Phi) is 3.87. The Morgan fingerprint density at radius 2 is 2.12 bits per heavy atom. The Labute approximate surface area is 53.4 Å². The fourth-order valence-corrected chi connectivity index (χ4v) is 0.431. The van der Waals surface area contributed by atoms with Crippen molar-refractivity contribution in [1.29, 1.82) is 0 Å². The van der Waals surface area contributed by atoms with Crippen molar-refractivity contribution in [3.05, 3.63) is 12.7 Å². The maximum absolute atomic E-state index is 8.67. The molecule has 0 aromatic heterocycles. The minimum absolute atomic E-state index is 0.0349. The lowest BCUT2D eigenvalue weighted by Gasteiger charge is -2.08. The molecule has 0 saturated heterocycles. The number of rotatable bonds is 3. The summed E-state index contributed by atoms with van der Waals surface area (Å²) in [5.74, 6) is 0.0349. The normalized spacial score (nSPS) is 17.4. The smallest absolute Gasteiger partial charge is 0.0989 e. The van der Waals surface area contributed by atoms with Crippen molar-refractivity contribution in [1.82, 2.24) is 0 Å². The zero-order chi connectivity index (χ0) is 6.57. The fraction of sp³-hybridized carbons (Fsp3) is 0.600. The van der Waals surface area contributed by atoms with Gasteiger partial charge in [-0.2, -0.15) is 0 Å². The predicted molar refractivity (Wildman–Crippen MR) is 32.9 cm³/mol. The second kappa shape index (κ2) is 3.89. The lowest BCUT2D eigenvalue weighted by molar-refractivity contribution is 0.0644. The molecule has 0 unspecified atom stereocenters. The molecule has 0 rings (SSSR count). The van der Waals surface area contributed by atoms with Gasteiger partial charge in [0.15, 0.2) is 0 Å². The van der Waals surface area contributed by atoms with E-state index >= 15 is 0 Å². The van der Waals surface area contributed by atoms with Crippen molar-refractivity contribution in [3.8, 4) is 0 Å². The highest BCUT2D eigenvalue weighted by molar-refractivity contribution is 6.18. The number of hydrogen-bond acceptors (Lipinski definition) is 2. The Morgan fingerprint density at radius 3 is 2.25 bits per heavy atom. The van der Waals surface area contributed by atoms with Crippen LogP contribution in [0, 0.1) is 0 Å². The Balaban J connectivity index is 3.44. The van der Waals surface area contributed by atoms with Gasteiger partial charge in [-0.3, -0.25) is 0 Å². The molecular weight excluding hydrogens is 128 g/mol. The van der Waals surface area contributed by atoms with Gasteiger partial charge >= 0.3 is 0 Å². The van der Waals surface area contributed by atoms with Crippen LogP contribution in [0.5, 0.6) is 0 Å². The molecule has 0 heterocycles. The molecule has 0 aliphatic heterocycles. The first kappa shape index (κ1) is 7.95. The summed E-state index contributed by atoms with van der Waals surface area (Å²) in [5, 5.41) is 17.3. The molecule has 0 bridgehead atoms. The summed E-state index contributed by atoms with van der Waals surface area (Å²) in [6.07, 6.45) is -0.533. The highest BCUT2D eigenvalue weighted by Gasteiger charge is 2.09. The fourth-order valence-electron chi connectivity index (χ4n) is 0.248. The van der Waals surface area contributed by atoms with Gasteiger partial charge in [-0.15, -0.1) is 18.2 Å². The third kappa shape index (κ3) is 2.31. The summed E-state index contributed by atoms with van der Waals surface area (Å²) in [4.78, 5) is 0. The summed E-state index contributed by atoms with van der Waals surface area (Å²) in [6, 6.07) is 0. The molecule has 0 spiro atoms. The van der Waals surface area contributed by atoms with Crippen LogP contribution in [-0.2, 0) is 0 Å². The van der Waals surface area contributed by atoms with Crippen LogP contribution in [0.2, 0.25) is 0 Å². The van der Waals surface area contributed by atoms with Gasteiger partial charge in [0, 0.05) is 0 Å². The number of aliphatic hydroxyl groups is 2. The largest absolute Gasteiger partial charge is 0.389 e. The van der Waals surface area contributed by atoms with E-state index in [1.807, 2.05) is 0 Å². The van der Waals surface area contributed by atoms with Gasteiger partial charge in [0.05, 0.1) is 18.1 Å². The van der Waals surface area contributed by atoms with Crippen LogP contribution in [0.15, 0.2) is 12.7 Å². The average Bonchev–Trinajstić information content (AvgIpc) is 1.84. The molecule has 48 valence electrons. The van der Waals surface area contributed by atoms with Crippen LogP contribution in [0.4, 0.5) is 0 Å². The maximum atomic E-state index is 8.67. The van der Waals surface area contributed by atoms with Gasteiger partial charge in [-0.05, 0) is 0 Å². The van der Waals surface area contributed by atoms with Crippen molar-refractivity contribution in [2.75, 3.05) is 5.88 Å². The molecule has 0 saturated carbocycles. The van der Waals surface area contributed by atoms with Crippen molar-refractivity contribution < 1.29 is 10.2 Å². The summed E-state index contributed by atoms with van der Waals surface area (Å²) >= 11 is 5.17. The number of hydrogen-bond donors (Lipinski definition) is 2. The van der Waals surface area contributed by atoms with Crippen LogP contribution in [0.25, 0.3) is 0 Å². The molecule has 0 aromatic carbocycles. The maximum Gasteiger partial charge on any atom is 0.0989 e. The molecule has 2 N–H and O–H groups in total. The lowest BCUT2D eigenvalue weighted by atomic mass is 10.2. The highest BCUT2D eigenvalue weighted by Crippen LogP contribution is 1.95. The summed E-state index contributed by atoms with van der Waals surface area (Å²) in [7, 11) is 0. The third-order valence-corrected chi connectivity index (χ3v) is 1.11. The van der Waals surface area contributed by atoms with E-state index in [9.17, 15) is 0 Å². The van der Waals surface area contributed by atoms with E-state index in [1.165, 1.54) is 6.08 Å². The van der Waals surface area contributed by atoms with Gasteiger partial charge in [-0.25, -0.2) is 0 Å². The van der Waals surface area contributed by atoms with Crippen LogP contribution in [0.1, 0.15) is 0 Å². The first-order chi connectivity index (χ1) is 3.72. The first-order valence-electron chi connectivity index (χ1n) is 2.27. The number of alkyl halides is 1. The van der Waals surface area contributed by atoms with Gasteiger partial charge in [-0.1, -0.05) is 6.08 Å². The molecule has 0 fully saturated rings. The number of aliphatic hydroxyl groups excluding tert-OH is 2. The Bertz CT molecular complexity index is 74.8. The molecule has 3 heteroatoms. The van der Waals surface area contributed by atoms with E-state index in [2.05, 4.69) is 6.58 Å². The standard InChI is InChI=1S/C5H9ClO2/c1-2-4(7)5(8)3-6/h2,4-5,7-8H,1,3H2/t4-,5+/m1/s1. The monoisotopic (exact) mass is 136 g/mol. The second-order valence-electron chi connectivity index (χ2n) is 1.45. The predicted octanol–water partition coefficient (Wildman–Crippen LogP) is 0.133. The van der Waals surface area contributed by atoms with Gasteiger partial charge in [0.1, 0.15) is 0 Å². The van der Waals surface area contributed by atoms with Crippen molar-refractivity contribution in [2.45, 2.75) is 12.2 Å². The van der Waals surface area contributed by atoms with Crippen LogP contribution < -0.4 is 0 Å². The van der Waals surface area contributed by atoms with E-state index in [4.69, 9.17) is 21.8 Å². The second-order valence-corrected chi connectivity index (χ2v) is 1.76. The zero-order valence-corrected chi connectivity index (χ0v) is 5.17. The topological polar surface area (TPSA) is 40.5 Å². The summed E-state index contributed by atoms with van der Waals surface area (Å²) in [5.41, 5.74) is 0. The van der Waals surface area contributed by atoms with E-state index in [-0.39, 0.29) is 5.88 Å². The van der Waals surface area contributed by atoms with E-state index in [1.54, 1.807) is 0 Å². The molecule has 0 amide bonds. The summed E-state index contributed by atoms with van der Waals surface area (Å²) < 4.78 is 0. The molecule has 8 heavy (non-hydrogen) atoms. The van der Waals surface area contributed by atoms with Gasteiger partial charge in [0.25, 0.3) is 0 Å². The molecular formula is C5H9ClO2. The van der Waals surface area contributed by atoms with Crippen molar-refractivity contribution in [2.24, 2.45) is 0 Å². The quantitative estimate of drug-likeness (QED) is 0.428. The zero-order valence-electron chi connectivity index (χ0n) is 4.42. The molecule has 0 aliphatic rings. The highest BCUT2D eigenvalue weighted by atomic mass is 35.5. The lowest BCUT2D eigenvalue weighted by Crippen LogP contribution is -2.24. The van der Waals surface area contributed by atoms with Crippen LogP contribution >= 0.6 is 11.6 Å². The van der Waals surface area contributed by atoms with Crippen LogP contribution in [0.3, 0.4) is 0 Å². The third-order valence-electron chi connectivity index (χ3n) is 0.794. The van der Waals surface area contributed by atoms with Crippen LogP contribution in [-0.4, -0.2) is 28.3 Å². The minimum Gasteiger partial charge on any atom is -0.389 e. The van der Waals surface area contributed by atoms with Gasteiger partial charge in [0.2, 0.25) is 0 Å². The van der Waals surface area contributed by atoms with Gasteiger partial charge < -0.3 is 10.2 Å². The molecule has 0 radical (unpaired) electrons. The number of halogens is 1. The summed E-state index contributed by atoms with van der Waals surface area (Å²) in [6.45, 7) is 3.26. The van der Waals surface area contributed by atoms with E-state index in [0.717, 1.165) is 0 Å². The first-order valence-corrected chi connectivity index (χ1v) is 2.80. The van der Waals surface area contributed by atoms with E-state index < -0.39 is 12.2 Å². The average molecular weight is 137 g/mol. The molecule has 0 aliphatic carbocycles. The minimum atomic E-state index is -0.896. The SMILES string of the molecule is C=C[C@@H](O)[C@@H](O)CCl.